The van der Waals surface area contributed by atoms with Crippen LogP contribution in [0, 0.1) is 0 Å². The van der Waals surface area contributed by atoms with Crippen molar-refractivity contribution in [1.29, 1.82) is 0 Å². The summed E-state index contributed by atoms with van der Waals surface area (Å²) in [6, 6.07) is 0. The van der Waals surface area contributed by atoms with Crippen LogP contribution < -0.4 is 5.32 Å². The number of halogens is 2. The number of rotatable bonds is 5. The SMILES string of the molecule is CCC(CCl)(CCl)NC(=O)c1cncs1. The average molecular weight is 267 g/mol. The molecule has 0 fully saturated rings. The van der Waals surface area contributed by atoms with E-state index in [0.29, 0.717) is 23.1 Å². The number of thiazole rings is 1. The molecular formula is C9H12Cl2N2OS. The Morgan fingerprint density at radius 2 is 2.27 bits per heavy atom. The van der Waals surface area contributed by atoms with Crippen molar-refractivity contribution in [3.8, 4) is 0 Å². The number of carbonyl (C=O) groups excluding carboxylic acids is 1. The van der Waals surface area contributed by atoms with Gasteiger partial charge in [-0.15, -0.1) is 34.5 Å². The van der Waals surface area contributed by atoms with E-state index in [1.807, 2.05) is 6.92 Å². The monoisotopic (exact) mass is 266 g/mol. The minimum absolute atomic E-state index is 0.166. The van der Waals surface area contributed by atoms with Crippen LogP contribution in [0.15, 0.2) is 11.7 Å². The van der Waals surface area contributed by atoms with Crippen molar-refractivity contribution in [2.45, 2.75) is 18.9 Å². The van der Waals surface area contributed by atoms with Gasteiger partial charge < -0.3 is 5.32 Å². The van der Waals surface area contributed by atoms with E-state index in [1.54, 1.807) is 5.51 Å². The Bertz CT molecular complexity index is 304. The molecule has 0 aliphatic heterocycles. The van der Waals surface area contributed by atoms with Crippen LogP contribution in [-0.2, 0) is 0 Å². The van der Waals surface area contributed by atoms with Gasteiger partial charge in [-0.1, -0.05) is 6.92 Å². The lowest BCUT2D eigenvalue weighted by Gasteiger charge is -2.29. The molecule has 1 aromatic rings. The molecule has 3 nitrogen and oxygen atoms in total. The van der Waals surface area contributed by atoms with Gasteiger partial charge in [0.15, 0.2) is 0 Å². The topological polar surface area (TPSA) is 42.0 Å². The number of carbonyl (C=O) groups is 1. The third kappa shape index (κ3) is 3.06. The lowest BCUT2D eigenvalue weighted by molar-refractivity contribution is 0.0917. The molecule has 0 saturated carbocycles. The van der Waals surface area contributed by atoms with Crippen LogP contribution in [0.3, 0.4) is 0 Å². The maximum Gasteiger partial charge on any atom is 0.263 e. The zero-order chi connectivity index (χ0) is 11.3. The van der Waals surface area contributed by atoms with Gasteiger partial charge in [-0.25, -0.2) is 0 Å². The van der Waals surface area contributed by atoms with Crippen molar-refractivity contribution < 1.29 is 4.79 Å². The van der Waals surface area contributed by atoms with Crippen LogP contribution in [0.2, 0.25) is 0 Å². The van der Waals surface area contributed by atoms with Crippen LogP contribution in [0.5, 0.6) is 0 Å². The van der Waals surface area contributed by atoms with Crippen molar-refractivity contribution in [3.05, 3.63) is 16.6 Å². The Morgan fingerprint density at radius 3 is 2.67 bits per heavy atom. The second-order valence-electron chi connectivity index (χ2n) is 3.22. The minimum Gasteiger partial charge on any atom is -0.343 e. The largest absolute Gasteiger partial charge is 0.343 e. The molecule has 84 valence electrons. The van der Waals surface area contributed by atoms with Crippen molar-refractivity contribution in [1.82, 2.24) is 10.3 Å². The number of nitrogens with zero attached hydrogens (tertiary/aromatic N) is 1. The molecule has 1 N–H and O–H groups in total. The molecule has 0 aliphatic carbocycles. The van der Waals surface area contributed by atoms with E-state index in [4.69, 9.17) is 23.2 Å². The molecule has 0 bridgehead atoms. The van der Waals surface area contributed by atoms with Crippen molar-refractivity contribution >= 4 is 40.4 Å². The van der Waals surface area contributed by atoms with E-state index in [2.05, 4.69) is 10.3 Å². The molecule has 6 heteroatoms. The summed E-state index contributed by atoms with van der Waals surface area (Å²) in [7, 11) is 0. The standard InChI is InChI=1S/C9H12Cl2N2OS/c1-2-9(4-10,5-11)13-8(14)7-3-12-6-15-7/h3,6H,2,4-5H2,1H3,(H,13,14). The molecule has 1 amide bonds. The first-order chi connectivity index (χ1) is 7.17. The van der Waals surface area contributed by atoms with Crippen LogP contribution in [-0.4, -0.2) is 28.2 Å². The van der Waals surface area contributed by atoms with E-state index >= 15 is 0 Å². The fraction of sp³-hybridized carbons (Fsp3) is 0.556. The highest BCUT2D eigenvalue weighted by molar-refractivity contribution is 7.11. The van der Waals surface area contributed by atoms with E-state index in [9.17, 15) is 4.79 Å². The quantitative estimate of drug-likeness (QED) is 0.833. The highest BCUT2D eigenvalue weighted by Crippen LogP contribution is 2.16. The summed E-state index contributed by atoms with van der Waals surface area (Å²) in [5, 5.41) is 2.85. The number of hydrogen-bond donors (Lipinski definition) is 1. The molecule has 0 atom stereocenters. The van der Waals surface area contributed by atoms with E-state index in [-0.39, 0.29) is 5.91 Å². The zero-order valence-electron chi connectivity index (χ0n) is 8.30. The highest BCUT2D eigenvalue weighted by Gasteiger charge is 2.28. The molecule has 0 spiro atoms. The summed E-state index contributed by atoms with van der Waals surface area (Å²) >= 11 is 12.9. The van der Waals surface area contributed by atoms with Gasteiger partial charge >= 0.3 is 0 Å². The Labute approximate surface area is 103 Å². The summed E-state index contributed by atoms with van der Waals surface area (Å²) in [6.45, 7) is 1.94. The second-order valence-corrected chi connectivity index (χ2v) is 4.64. The molecule has 1 heterocycles. The third-order valence-electron chi connectivity index (χ3n) is 2.22. The number of amides is 1. The fourth-order valence-corrected chi connectivity index (χ4v) is 2.32. The lowest BCUT2D eigenvalue weighted by Crippen LogP contribution is -2.51. The molecule has 0 unspecified atom stereocenters. The van der Waals surface area contributed by atoms with E-state index in [0.717, 1.165) is 0 Å². The third-order valence-corrected chi connectivity index (χ3v) is 4.02. The predicted octanol–water partition coefficient (Wildman–Crippen LogP) is 2.50. The summed E-state index contributed by atoms with van der Waals surface area (Å²) in [5.74, 6) is 0.440. The Kier molecular flexibility index (Phi) is 4.83. The summed E-state index contributed by atoms with van der Waals surface area (Å²) in [6.07, 6.45) is 2.23. The summed E-state index contributed by atoms with van der Waals surface area (Å²) in [5.41, 5.74) is 1.09. The maximum atomic E-state index is 11.7. The van der Waals surface area contributed by atoms with Gasteiger partial charge in [0.05, 0.1) is 17.2 Å². The first kappa shape index (κ1) is 12.7. The summed E-state index contributed by atoms with van der Waals surface area (Å²) in [4.78, 5) is 16.2. The molecule has 1 aromatic heterocycles. The first-order valence-electron chi connectivity index (χ1n) is 4.50. The van der Waals surface area contributed by atoms with Gasteiger partial charge in [-0.05, 0) is 6.42 Å². The van der Waals surface area contributed by atoms with E-state index in [1.165, 1.54) is 17.5 Å². The van der Waals surface area contributed by atoms with Crippen molar-refractivity contribution in [3.63, 3.8) is 0 Å². The van der Waals surface area contributed by atoms with Crippen molar-refractivity contribution in [2.24, 2.45) is 0 Å². The van der Waals surface area contributed by atoms with Gasteiger partial charge in [0, 0.05) is 11.8 Å². The summed E-state index contributed by atoms with van der Waals surface area (Å²) < 4.78 is 0. The van der Waals surface area contributed by atoms with E-state index < -0.39 is 5.54 Å². The molecule has 1 rings (SSSR count). The predicted molar refractivity (Wildman–Crippen MR) is 64.0 cm³/mol. The molecule has 0 saturated heterocycles. The number of hydrogen-bond acceptors (Lipinski definition) is 3. The highest BCUT2D eigenvalue weighted by atomic mass is 35.5. The second kappa shape index (κ2) is 5.68. The lowest BCUT2D eigenvalue weighted by atomic mass is 10.0. The minimum atomic E-state index is -0.524. The molecule has 0 aromatic carbocycles. The van der Waals surface area contributed by atoms with Crippen molar-refractivity contribution in [2.75, 3.05) is 11.8 Å². The molecule has 0 radical (unpaired) electrons. The molecule has 15 heavy (non-hydrogen) atoms. The number of nitrogens with one attached hydrogen (secondary N) is 1. The number of aromatic nitrogens is 1. The molecular weight excluding hydrogens is 255 g/mol. The Balaban J connectivity index is 2.71. The fourth-order valence-electron chi connectivity index (χ4n) is 1.01. The Hall–Kier alpha value is -0.320. The maximum absolute atomic E-state index is 11.7. The Morgan fingerprint density at radius 1 is 1.60 bits per heavy atom. The van der Waals surface area contributed by atoms with Crippen LogP contribution >= 0.6 is 34.5 Å². The van der Waals surface area contributed by atoms with Gasteiger partial charge in [0.1, 0.15) is 4.88 Å². The van der Waals surface area contributed by atoms with Crippen LogP contribution in [0.4, 0.5) is 0 Å². The zero-order valence-corrected chi connectivity index (χ0v) is 10.6. The van der Waals surface area contributed by atoms with Gasteiger partial charge in [-0.2, -0.15) is 0 Å². The molecule has 0 aliphatic rings. The number of alkyl halides is 2. The first-order valence-corrected chi connectivity index (χ1v) is 6.45. The van der Waals surface area contributed by atoms with Gasteiger partial charge in [0.2, 0.25) is 0 Å². The smallest absolute Gasteiger partial charge is 0.263 e. The van der Waals surface area contributed by atoms with Crippen LogP contribution in [0.1, 0.15) is 23.0 Å². The normalized spacial score (nSPS) is 11.4. The van der Waals surface area contributed by atoms with Gasteiger partial charge in [0.25, 0.3) is 5.91 Å². The van der Waals surface area contributed by atoms with Crippen LogP contribution in [0.25, 0.3) is 0 Å². The average Bonchev–Trinajstić information content (AvgIpc) is 2.79. The van der Waals surface area contributed by atoms with Gasteiger partial charge in [-0.3, -0.25) is 9.78 Å².